The van der Waals surface area contributed by atoms with Crippen molar-refractivity contribution in [1.82, 2.24) is 0 Å². The van der Waals surface area contributed by atoms with Crippen LogP contribution in [0.5, 0.6) is 0 Å². The van der Waals surface area contributed by atoms with Crippen LogP contribution in [0, 0.1) is 0 Å². The Morgan fingerprint density at radius 3 is 2.09 bits per heavy atom. The van der Waals surface area contributed by atoms with Crippen LogP contribution in [0.4, 0.5) is 0 Å². The Balaban J connectivity index is 4.14. The maximum atomic E-state index is 11.3. The van der Waals surface area contributed by atoms with Crippen molar-refractivity contribution >= 4 is 7.60 Å². The van der Waals surface area contributed by atoms with Gasteiger partial charge < -0.3 is 14.2 Å². The van der Waals surface area contributed by atoms with Gasteiger partial charge in [-0.3, -0.25) is 4.57 Å². The summed E-state index contributed by atoms with van der Waals surface area (Å²) >= 11 is 0. The van der Waals surface area contributed by atoms with Gasteiger partial charge in [0.2, 0.25) is 0 Å². The second-order valence-corrected chi connectivity index (χ2v) is 3.57. The van der Waals surface area contributed by atoms with Gasteiger partial charge in [-0.25, -0.2) is 0 Å². The van der Waals surface area contributed by atoms with Gasteiger partial charge >= 0.3 is 7.60 Å². The molecule has 66 valence electrons. The molecule has 0 aliphatic carbocycles. The highest BCUT2D eigenvalue weighted by atomic mass is 31.2. The number of hydrogen-bond acceptors (Lipinski definition) is 4. The summed E-state index contributed by atoms with van der Waals surface area (Å²) in [6, 6.07) is 0. The normalized spacial score (nSPS) is 12.5. The molecule has 0 amide bonds. The molecular formula is C6H13O4P. The lowest BCUT2D eigenvalue weighted by molar-refractivity contribution is 0.228. The molecule has 1 N–H and O–H groups in total. The Morgan fingerprint density at radius 2 is 1.82 bits per heavy atom. The van der Waals surface area contributed by atoms with E-state index in [0.717, 1.165) is 5.82 Å². The Labute approximate surface area is 66.4 Å². The Hall–Kier alpha value is -0.310. The molecule has 0 spiro atoms. The maximum absolute atomic E-state index is 11.3. The Bertz CT molecular complexity index is 156. The molecule has 0 saturated heterocycles. The molecule has 0 aromatic carbocycles. The van der Waals surface area contributed by atoms with Crippen LogP contribution >= 0.6 is 7.60 Å². The topological polar surface area (TPSA) is 55.8 Å². The van der Waals surface area contributed by atoms with E-state index < -0.39 is 7.60 Å². The first-order valence-corrected chi connectivity index (χ1v) is 5.00. The highest BCUT2D eigenvalue weighted by molar-refractivity contribution is 7.57. The molecule has 0 aliphatic rings. The first-order chi connectivity index (χ1) is 5.18. The van der Waals surface area contributed by atoms with Gasteiger partial charge in [0.15, 0.2) is 0 Å². The zero-order chi connectivity index (χ0) is 8.74. The van der Waals surface area contributed by atoms with E-state index in [0.29, 0.717) is 19.5 Å². The smallest absolute Gasteiger partial charge is 0.357 e. The van der Waals surface area contributed by atoms with Gasteiger partial charge in [0.25, 0.3) is 0 Å². The molecule has 0 rings (SSSR count). The predicted octanol–water partition coefficient (Wildman–Crippen LogP) is 2.28. The third-order valence-electron chi connectivity index (χ3n) is 0.867. The van der Waals surface area contributed by atoms with E-state index in [1.165, 1.54) is 0 Å². The lowest BCUT2D eigenvalue weighted by atomic mass is 10.9. The molecule has 0 aromatic rings. The first kappa shape index (κ1) is 10.7. The van der Waals surface area contributed by atoms with Crippen molar-refractivity contribution in [2.24, 2.45) is 0 Å². The summed E-state index contributed by atoms with van der Waals surface area (Å²) < 4.78 is 20.9. The Kier molecular flexibility index (Phi) is 5.20. The molecule has 0 unspecified atom stereocenters. The van der Waals surface area contributed by atoms with E-state index >= 15 is 0 Å². The number of aliphatic hydroxyl groups is 1. The van der Waals surface area contributed by atoms with Crippen LogP contribution in [0.2, 0.25) is 0 Å². The highest BCUT2D eigenvalue weighted by Crippen LogP contribution is 2.49. The van der Waals surface area contributed by atoms with Gasteiger partial charge in [-0.2, -0.15) is 0 Å². The molecule has 5 heteroatoms. The zero-order valence-corrected chi connectivity index (χ0v) is 7.58. The maximum Gasteiger partial charge on any atom is 0.357 e. The van der Waals surface area contributed by atoms with Crippen molar-refractivity contribution in [3.05, 3.63) is 12.1 Å². The van der Waals surface area contributed by atoms with Gasteiger partial charge in [-0.05, 0) is 13.8 Å². The van der Waals surface area contributed by atoms with Crippen molar-refractivity contribution in [2.75, 3.05) is 13.2 Å². The predicted molar refractivity (Wildman–Crippen MR) is 42.6 cm³/mol. The quantitative estimate of drug-likeness (QED) is 0.520. The van der Waals surface area contributed by atoms with E-state index in [2.05, 4.69) is 0 Å². The second-order valence-electron chi connectivity index (χ2n) is 1.67. The van der Waals surface area contributed by atoms with Gasteiger partial charge in [-0.1, -0.05) is 0 Å². The fraction of sp³-hybridized carbons (Fsp3) is 0.667. The molecule has 0 fully saturated rings. The molecule has 0 aromatic heterocycles. The van der Waals surface area contributed by atoms with Crippen LogP contribution in [0.15, 0.2) is 12.1 Å². The largest absolute Gasteiger partial charge is 0.515 e. The van der Waals surface area contributed by atoms with E-state index in [1.807, 2.05) is 0 Å². The lowest BCUT2D eigenvalue weighted by Gasteiger charge is -2.11. The van der Waals surface area contributed by atoms with Crippen molar-refractivity contribution in [3.8, 4) is 0 Å². The molecule has 0 bridgehead atoms. The van der Waals surface area contributed by atoms with E-state index in [9.17, 15) is 4.57 Å². The second kappa shape index (κ2) is 5.35. The summed E-state index contributed by atoms with van der Waals surface area (Å²) in [6.45, 7) is 4.00. The summed E-state index contributed by atoms with van der Waals surface area (Å²) in [5, 5.41) is 8.34. The fourth-order valence-electron chi connectivity index (χ4n) is 0.565. The summed E-state index contributed by atoms with van der Waals surface area (Å²) in [5.74, 6) is 1.03. The average Bonchev–Trinajstić information content (AvgIpc) is 1.88. The highest BCUT2D eigenvalue weighted by Gasteiger charge is 2.18. The monoisotopic (exact) mass is 180 g/mol. The third kappa shape index (κ3) is 4.19. The van der Waals surface area contributed by atoms with Crippen LogP contribution in [0.25, 0.3) is 0 Å². The number of aliphatic hydroxyl groups excluding tert-OH is 1. The molecule has 0 aliphatic heterocycles. The average molecular weight is 180 g/mol. The molecule has 0 saturated carbocycles. The molecule has 11 heavy (non-hydrogen) atoms. The standard InChI is InChI=1S/C6H13O4P/c1-3-9-11(8,6-5-7)10-4-2/h5-7H,3-4H2,1-2H3. The number of hydrogen-bond donors (Lipinski definition) is 1. The SMILES string of the molecule is CCOP(=O)(C=CO)OCC. The number of rotatable bonds is 5. The summed E-state index contributed by atoms with van der Waals surface area (Å²) in [4.78, 5) is 0. The van der Waals surface area contributed by atoms with Crippen LogP contribution in [-0.2, 0) is 13.6 Å². The minimum absolute atomic E-state index is 0.293. The third-order valence-corrected chi connectivity index (χ3v) is 2.60. The molecule has 0 atom stereocenters. The van der Waals surface area contributed by atoms with E-state index in [4.69, 9.17) is 14.2 Å². The minimum Gasteiger partial charge on any atom is -0.515 e. The van der Waals surface area contributed by atoms with Gasteiger partial charge in [0.1, 0.15) is 0 Å². The lowest BCUT2D eigenvalue weighted by Crippen LogP contribution is -1.92. The van der Waals surface area contributed by atoms with Gasteiger partial charge in [0, 0.05) is 0 Å². The van der Waals surface area contributed by atoms with Crippen molar-refractivity contribution in [2.45, 2.75) is 13.8 Å². The first-order valence-electron chi connectivity index (χ1n) is 3.39. The molecule has 0 heterocycles. The van der Waals surface area contributed by atoms with E-state index in [-0.39, 0.29) is 0 Å². The minimum atomic E-state index is -3.15. The van der Waals surface area contributed by atoms with E-state index in [1.54, 1.807) is 13.8 Å². The van der Waals surface area contributed by atoms with Crippen LogP contribution < -0.4 is 0 Å². The van der Waals surface area contributed by atoms with Gasteiger partial charge in [-0.15, -0.1) is 0 Å². The molecular weight excluding hydrogens is 167 g/mol. The fourth-order valence-corrected chi connectivity index (χ4v) is 1.69. The van der Waals surface area contributed by atoms with Gasteiger partial charge in [0.05, 0.1) is 25.3 Å². The van der Waals surface area contributed by atoms with Crippen molar-refractivity contribution in [3.63, 3.8) is 0 Å². The zero-order valence-electron chi connectivity index (χ0n) is 6.69. The molecule has 0 radical (unpaired) electrons. The van der Waals surface area contributed by atoms with Crippen LogP contribution in [-0.4, -0.2) is 18.3 Å². The summed E-state index contributed by atoms with van der Waals surface area (Å²) in [6.07, 6.45) is 0.673. The van der Waals surface area contributed by atoms with Crippen LogP contribution in [0.1, 0.15) is 13.8 Å². The molecule has 4 nitrogen and oxygen atoms in total. The van der Waals surface area contributed by atoms with Crippen molar-refractivity contribution < 1.29 is 18.7 Å². The van der Waals surface area contributed by atoms with Crippen molar-refractivity contribution in [1.29, 1.82) is 0 Å². The van der Waals surface area contributed by atoms with Crippen LogP contribution in [0.3, 0.4) is 0 Å². The summed E-state index contributed by atoms with van der Waals surface area (Å²) in [5.41, 5.74) is 0. The Morgan fingerprint density at radius 1 is 1.36 bits per heavy atom. The summed E-state index contributed by atoms with van der Waals surface area (Å²) in [7, 11) is -3.15.